The number of hydrogen-bond donors (Lipinski definition) is 2. The third-order valence-corrected chi connectivity index (χ3v) is 3.42. The highest BCUT2D eigenvalue weighted by Gasteiger charge is 2.25. The first-order chi connectivity index (χ1) is 9.62. The number of pyridine rings is 1. The van der Waals surface area contributed by atoms with E-state index in [-0.39, 0.29) is 0 Å². The molecule has 0 aromatic carbocycles. The lowest BCUT2D eigenvalue weighted by Gasteiger charge is -2.19. The smallest absolute Gasteiger partial charge is 0.162 e. The molecule has 0 saturated heterocycles. The van der Waals surface area contributed by atoms with Crippen LogP contribution >= 0.6 is 23.2 Å². The fraction of sp³-hybridized carbons (Fsp3) is 0.333. The number of hydrazine groups is 1. The molecule has 8 heteroatoms. The molecular weight excluding hydrogens is 301 g/mol. The van der Waals surface area contributed by atoms with Gasteiger partial charge in [-0.3, -0.25) is 15.5 Å². The van der Waals surface area contributed by atoms with Crippen LogP contribution in [0.3, 0.4) is 0 Å². The Morgan fingerprint density at radius 2 is 2.20 bits per heavy atom. The number of aromatic nitrogens is 3. The summed E-state index contributed by atoms with van der Waals surface area (Å²) in [4.78, 5) is 4.25. The summed E-state index contributed by atoms with van der Waals surface area (Å²) < 4.78 is 7.09. The normalized spacial score (nSPS) is 12.4. The van der Waals surface area contributed by atoms with Gasteiger partial charge < -0.3 is 4.74 Å². The molecule has 3 N–H and O–H groups in total. The second-order valence-electron chi connectivity index (χ2n) is 4.03. The highest BCUT2D eigenvalue weighted by atomic mass is 35.5. The van der Waals surface area contributed by atoms with Gasteiger partial charge in [0.15, 0.2) is 5.75 Å². The van der Waals surface area contributed by atoms with Crippen molar-refractivity contribution in [2.45, 2.75) is 19.5 Å². The topological polar surface area (TPSA) is 78.0 Å². The monoisotopic (exact) mass is 315 g/mol. The summed E-state index contributed by atoms with van der Waals surface area (Å²) in [5.41, 5.74) is 4.02. The molecule has 2 rings (SSSR count). The quantitative estimate of drug-likeness (QED) is 0.653. The zero-order valence-corrected chi connectivity index (χ0v) is 12.6. The summed E-state index contributed by atoms with van der Waals surface area (Å²) in [6, 6.07) is 1.17. The lowest BCUT2D eigenvalue weighted by molar-refractivity contribution is 0.398. The van der Waals surface area contributed by atoms with Crippen molar-refractivity contribution in [2.75, 3.05) is 7.11 Å². The zero-order valence-electron chi connectivity index (χ0n) is 11.1. The van der Waals surface area contributed by atoms with E-state index >= 15 is 0 Å². The van der Waals surface area contributed by atoms with Gasteiger partial charge in [0.25, 0.3) is 0 Å². The molecule has 0 fully saturated rings. The van der Waals surface area contributed by atoms with Crippen LogP contribution in [0.5, 0.6) is 5.75 Å². The average Bonchev–Trinajstić information content (AvgIpc) is 2.85. The van der Waals surface area contributed by atoms with E-state index in [1.807, 2.05) is 6.92 Å². The maximum absolute atomic E-state index is 6.20. The van der Waals surface area contributed by atoms with Crippen molar-refractivity contribution < 1.29 is 4.74 Å². The molecule has 0 aliphatic carbocycles. The van der Waals surface area contributed by atoms with Crippen molar-refractivity contribution in [3.05, 3.63) is 39.9 Å². The van der Waals surface area contributed by atoms with Gasteiger partial charge in [-0.15, -0.1) is 0 Å². The Morgan fingerprint density at radius 1 is 1.45 bits per heavy atom. The number of aryl methyl sites for hydroxylation is 1. The molecule has 0 amide bonds. The summed E-state index contributed by atoms with van der Waals surface area (Å²) in [7, 11) is 1.57. The van der Waals surface area contributed by atoms with Crippen LogP contribution in [0.15, 0.2) is 18.5 Å². The molecule has 108 valence electrons. The first-order valence-electron chi connectivity index (χ1n) is 5.99. The molecule has 2 heterocycles. The maximum atomic E-state index is 6.20. The summed E-state index contributed by atoms with van der Waals surface area (Å²) in [5.74, 6) is 6.29. The molecule has 0 aliphatic heterocycles. The Kier molecular flexibility index (Phi) is 4.82. The molecule has 20 heavy (non-hydrogen) atoms. The average molecular weight is 316 g/mol. The van der Waals surface area contributed by atoms with Crippen LogP contribution < -0.4 is 16.0 Å². The van der Waals surface area contributed by atoms with Gasteiger partial charge in [0, 0.05) is 12.7 Å². The van der Waals surface area contributed by atoms with Crippen molar-refractivity contribution in [3.63, 3.8) is 0 Å². The van der Waals surface area contributed by atoms with E-state index in [9.17, 15) is 0 Å². The molecule has 2 aromatic rings. The second kappa shape index (κ2) is 6.41. The van der Waals surface area contributed by atoms with Gasteiger partial charge in [-0.2, -0.15) is 5.10 Å². The van der Waals surface area contributed by atoms with Crippen LogP contribution in [-0.4, -0.2) is 21.9 Å². The number of nitrogens with one attached hydrogen (secondary N) is 1. The molecule has 6 nitrogen and oxygen atoms in total. The van der Waals surface area contributed by atoms with E-state index in [4.69, 9.17) is 33.8 Å². The van der Waals surface area contributed by atoms with Crippen LogP contribution in [0.2, 0.25) is 10.0 Å². The summed E-state index contributed by atoms with van der Waals surface area (Å²) >= 11 is 12.1. The molecular formula is C12H15Cl2N5O. The molecule has 0 bridgehead atoms. The van der Waals surface area contributed by atoms with Crippen molar-refractivity contribution in [1.82, 2.24) is 20.2 Å². The van der Waals surface area contributed by atoms with E-state index in [2.05, 4.69) is 15.5 Å². The summed E-state index contributed by atoms with van der Waals surface area (Å²) in [6.45, 7) is 2.64. The number of hydrogen-bond acceptors (Lipinski definition) is 5. The van der Waals surface area contributed by atoms with E-state index < -0.39 is 6.04 Å². The first-order valence-corrected chi connectivity index (χ1v) is 6.74. The minimum absolute atomic E-state index is 0.423. The zero-order chi connectivity index (χ0) is 14.7. The Bertz CT molecular complexity index is 580. The second-order valence-corrected chi connectivity index (χ2v) is 4.88. The first kappa shape index (κ1) is 15.1. The van der Waals surface area contributed by atoms with Gasteiger partial charge in [-0.1, -0.05) is 23.2 Å². The number of nitrogens with two attached hydrogens (primary N) is 1. The predicted molar refractivity (Wildman–Crippen MR) is 77.9 cm³/mol. The Labute approximate surface area is 126 Å². The largest absolute Gasteiger partial charge is 0.493 e. The van der Waals surface area contributed by atoms with Crippen LogP contribution in [-0.2, 0) is 6.54 Å². The van der Waals surface area contributed by atoms with Crippen LogP contribution in [0.1, 0.15) is 24.4 Å². The van der Waals surface area contributed by atoms with Crippen LogP contribution in [0.25, 0.3) is 0 Å². The van der Waals surface area contributed by atoms with Gasteiger partial charge in [0.05, 0.1) is 29.0 Å². The number of nitrogens with zero attached hydrogens (tertiary/aromatic N) is 3. The minimum atomic E-state index is -0.447. The lowest BCUT2D eigenvalue weighted by Crippen LogP contribution is -2.32. The molecule has 0 aliphatic rings. The number of rotatable bonds is 5. The molecule has 0 radical (unpaired) electrons. The summed E-state index contributed by atoms with van der Waals surface area (Å²) in [5, 5.41) is 5.13. The minimum Gasteiger partial charge on any atom is -0.493 e. The fourth-order valence-electron chi connectivity index (χ4n) is 2.00. The molecule has 1 unspecified atom stereocenters. The van der Waals surface area contributed by atoms with E-state index in [0.29, 0.717) is 28.0 Å². The van der Waals surface area contributed by atoms with E-state index in [0.717, 1.165) is 5.69 Å². The maximum Gasteiger partial charge on any atom is 0.162 e. The van der Waals surface area contributed by atoms with E-state index in [1.165, 1.54) is 6.20 Å². The SMILES string of the molecule is CCn1ncc(OC)c1C(NN)c1ncc(Cl)cc1Cl. The van der Waals surface area contributed by atoms with Crippen LogP contribution in [0.4, 0.5) is 0 Å². The van der Waals surface area contributed by atoms with Gasteiger partial charge in [0.2, 0.25) is 0 Å². The lowest BCUT2D eigenvalue weighted by atomic mass is 10.1. The van der Waals surface area contributed by atoms with Crippen molar-refractivity contribution in [2.24, 2.45) is 5.84 Å². The van der Waals surface area contributed by atoms with Gasteiger partial charge in [-0.05, 0) is 13.0 Å². The number of ether oxygens (including phenoxy) is 1. The highest BCUT2D eigenvalue weighted by Crippen LogP contribution is 2.32. The van der Waals surface area contributed by atoms with E-state index in [1.54, 1.807) is 24.1 Å². The molecule has 1 atom stereocenters. The molecule has 2 aromatic heterocycles. The standard InChI is InChI=1S/C12H15Cl2N5O/c1-3-19-12(9(20-2)6-17-19)11(18-15)10-8(14)4-7(13)5-16-10/h4-6,11,18H,3,15H2,1-2H3. The van der Waals surface area contributed by atoms with Gasteiger partial charge in [-0.25, -0.2) is 5.43 Å². The highest BCUT2D eigenvalue weighted by molar-refractivity contribution is 6.34. The van der Waals surface area contributed by atoms with Gasteiger partial charge in [0.1, 0.15) is 11.7 Å². The molecule has 0 saturated carbocycles. The Hall–Kier alpha value is -1.34. The number of halogens is 2. The van der Waals surface area contributed by atoms with Crippen molar-refractivity contribution in [3.8, 4) is 5.75 Å². The fourth-order valence-corrected chi connectivity index (χ4v) is 2.49. The van der Waals surface area contributed by atoms with Crippen molar-refractivity contribution >= 4 is 23.2 Å². The predicted octanol–water partition coefficient (Wildman–Crippen LogP) is 2.17. The Balaban J connectivity index is 2.54. The molecule has 0 spiro atoms. The third-order valence-electron chi connectivity index (χ3n) is 2.91. The van der Waals surface area contributed by atoms with Crippen LogP contribution in [0, 0.1) is 0 Å². The van der Waals surface area contributed by atoms with Gasteiger partial charge >= 0.3 is 0 Å². The third kappa shape index (κ3) is 2.73. The Morgan fingerprint density at radius 3 is 2.75 bits per heavy atom. The van der Waals surface area contributed by atoms with Crippen molar-refractivity contribution in [1.29, 1.82) is 0 Å². The number of methoxy groups -OCH3 is 1. The summed E-state index contributed by atoms with van der Waals surface area (Å²) in [6.07, 6.45) is 3.15.